The molecule has 0 atom stereocenters. The number of aryl methyl sites for hydroxylation is 1. The number of rotatable bonds is 0. The standard InChI is InChI=1S/C9H9NO3/c1-5-3-2-4-6-7(5)8(11)10-9(6,12)13/h2-4,12-13H,1H3,(H,10,11). The largest absolute Gasteiger partial charge is 0.345 e. The second kappa shape index (κ2) is 2.31. The summed E-state index contributed by atoms with van der Waals surface area (Å²) >= 11 is 0. The van der Waals surface area contributed by atoms with Crippen LogP contribution in [0, 0.1) is 6.92 Å². The van der Waals surface area contributed by atoms with Crippen LogP contribution in [0.2, 0.25) is 0 Å². The predicted octanol–water partition coefficient (Wildman–Crippen LogP) is -0.167. The summed E-state index contributed by atoms with van der Waals surface area (Å²) in [5, 5.41) is 20.8. The van der Waals surface area contributed by atoms with Crippen molar-refractivity contribution in [2.24, 2.45) is 0 Å². The first kappa shape index (κ1) is 8.22. The lowest BCUT2D eigenvalue weighted by Gasteiger charge is -2.14. The molecule has 0 aromatic heterocycles. The lowest BCUT2D eigenvalue weighted by Crippen LogP contribution is -2.38. The van der Waals surface area contributed by atoms with Crippen LogP contribution in [0.25, 0.3) is 0 Å². The van der Waals surface area contributed by atoms with E-state index in [1.54, 1.807) is 19.1 Å². The molecular weight excluding hydrogens is 170 g/mol. The highest BCUT2D eigenvalue weighted by atomic mass is 16.5. The van der Waals surface area contributed by atoms with Crippen LogP contribution in [0.1, 0.15) is 21.5 Å². The van der Waals surface area contributed by atoms with Crippen LogP contribution in [0.4, 0.5) is 0 Å². The van der Waals surface area contributed by atoms with Gasteiger partial charge in [0.05, 0.1) is 5.56 Å². The second-order valence-electron chi connectivity index (χ2n) is 3.12. The highest BCUT2D eigenvalue weighted by Gasteiger charge is 2.40. The number of carbonyl (C=O) groups is 1. The minimum Gasteiger partial charge on any atom is -0.345 e. The van der Waals surface area contributed by atoms with Gasteiger partial charge in [0, 0.05) is 5.56 Å². The molecule has 0 spiro atoms. The normalized spacial score (nSPS) is 18.2. The molecule has 0 fully saturated rings. The zero-order valence-corrected chi connectivity index (χ0v) is 7.03. The molecular formula is C9H9NO3. The van der Waals surface area contributed by atoms with Gasteiger partial charge in [0.25, 0.3) is 11.8 Å². The molecule has 1 heterocycles. The van der Waals surface area contributed by atoms with Gasteiger partial charge >= 0.3 is 0 Å². The molecule has 4 heteroatoms. The van der Waals surface area contributed by atoms with Crippen molar-refractivity contribution in [1.82, 2.24) is 5.32 Å². The lowest BCUT2D eigenvalue weighted by atomic mass is 10.0. The summed E-state index contributed by atoms with van der Waals surface area (Å²) in [6.07, 6.45) is 0. The molecule has 13 heavy (non-hydrogen) atoms. The fraction of sp³-hybridized carbons (Fsp3) is 0.222. The van der Waals surface area contributed by atoms with E-state index in [0.717, 1.165) is 5.56 Å². The molecule has 0 saturated carbocycles. The Kier molecular flexibility index (Phi) is 1.46. The van der Waals surface area contributed by atoms with Gasteiger partial charge in [-0.1, -0.05) is 18.2 Å². The molecule has 0 aliphatic carbocycles. The molecule has 68 valence electrons. The molecule has 0 saturated heterocycles. The minimum absolute atomic E-state index is 0.220. The summed E-state index contributed by atoms with van der Waals surface area (Å²) in [4.78, 5) is 11.3. The lowest BCUT2D eigenvalue weighted by molar-refractivity contribution is -0.180. The molecule has 3 N–H and O–H groups in total. The monoisotopic (exact) mass is 179 g/mol. The summed E-state index contributed by atoms with van der Waals surface area (Å²) in [6, 6.07) is 4.94. The van der Waals surface area contributed by atoms with Crippen LogP contribution in [0.15, 0.2) is 18.2 Å². The number of amides is 1. The van der Waals surface area contributed by atoms with Crippen molar-refractivity contribution in [3.05, 3.63) is 34.9 Å². The van der Waals surface area contributed by atoms with Crippen LogP contribution in [0.5, 0.6) is 0 Å². The number of benzene rings is 1. The number of nitrogens with one attached hydrogen (secondary N) is 1. The average molecular weight is 179 g/mol. The van der Waals surface area contributed by atoms with Gasteiger partial charge in [0.2, 0.25) is 0 Å². The Morgan fingerprint density at radius 1 is 1.38 bits per heavy atom. The fourth-order valence-electron chi connectivity index (χ4n) is 1.55. The summed E-state index contributed by atoms with van der Waals surface area (Å²) in [6.45, 7) is 1.75. The van der Waals surface area contributed by atoms with Gasteiger partial charge in [-0.3, -0.25) is 10.1 Å². The fourth-order valence-corrected chi connectivity index (χ4v) is 1.55. The zero-order valence-electron chi connectivity index (χ0n) is 7.03. The van der Waals surface area contributed by atoms with E-state index in [1.807, 2.05) is 0 Å². The Morgan fingerprint density at radius 3 is 2.69 bits per heavy atom. The van der Waals surface area contributed by atoms with Gasteiger partial charge in [-0.2, -0.15) is 0 Å². The maximum Gasteiger partial charge on any atom is 0.275 e. The Bertz CT molecular complexity index is 384. The number of hydrogen-bond donors (Lipinski definition) is 3. The van der Waals surface area contributed by atoms with Gasteiger partial charge in [-0.15, -0.1) is 0 Å². The van der Waals surface area contributed by atoms with E-state index in [1.165, 1.54) is 6.07 Å². The first-order chi connectivity index (χ1) is 6.02. The van der Waals surface area contributed by atoms with E-state index in [0.29, 0.717) is 5.56 Å². The number of aliphatic hydroxyl groups is 2. The van der Waals surface area contributed by atoms with Crippen molar-refractivity contribution in [2.45, 2.75) is 12.8 Å². The van der Waals surface area contributed by atoms with E-state index in [2.05, 4.69) is 5.32 Å². The van der Waals surface area contributed by atoms with Gasteiger partial charge in [0.15, 0.2) is 0 Å². The smallest absolute Gasteiger partial charge is 0.275 e. The third kappa shape index (κ3) is 1.03. The molecule has 1 amide bonds. The number of hydrogen-bond acceptors (Lipinski definition) is 3. The number of carbonyl (C=O) groups excluding carboxylic acids is 1. The zero-order chi connectivity index (χ0) is 9.64. The minimum atomic E-state index is -2.21. The van der Waals surface area contributed by atoms with Crippen molar-refractivity contribution < 1.29 is 15.0 Å². The quantitative estimate of drug-likeness (QED) is 0.484. The highest BCUT2D eigenvalue weighted by Crippen LogP contribution is 2.28. The van der Waals surface area contributed by atoms with Crippen molar-refractivity contribution >= 4 is 5.91 Å². The summed E-state index contributed by atoms with van der Waals surface area (Å²) in [5.74, 6) is -2.66. The SMILES string of the molecule is Cc1cccc2c1C(=O)NC2(O)O. The van der Waals surface area contributed by atoms with Gasteiger partial charge in [0.1, 0.15) is 0 Å². The van der Waals surface area contributed by atoms with E-state index in [9.17, 15) is 15.0 Å². The Labute approximate surface area is 74.8 Å². The van der Waals surface area contributed by atoms with Crippen LogP contribution in [-0.2, 0) is 5.91 Å². The summed E-state index contributed by atoms with van der Waals surface area (Å²) < 4.78 is 0. The topological polar surface area (TPSA) is 69.6 Å². The molecule has 0 unspecified atom stereocenters. The van der Waals surface area contributed by atoms with Crippen molar-refractivity contribution in [2.75, 3.05) is 0 Å². The summed E-state index contributed by atoms with van der Waals surface area (Å²) in [7, 11) is 0. The van der Waals surface area contributed by atoms with Gasteiger partial charge < -0.3 is 10.2 Å². The molecule has 0 radical (unpaired) electrons. The average Bonchev–Trinajstić information content (AvgIpc) is 2.24. The molecule has 1 aliphatic rings. The van der Waals surface area contributed by atoms with E-state index >= 15 is 0 Å². The highest BCUT2D eigenvalue weighted by molar-refractivity contribution is 6.00. The molecule has 0 bridgehead atoms. The maximum atomic E-state index is 11.3. The van der Waals surface area contributed by atoms with Gasteiger partial charge in [-0.25, -0.2) is 0 Å². The predicted molar refractivity (Wildman–Crippen MR) is 44.8 cm³/mol. The van der Waals surface area contributed by atoms with E-state index in [4.69, 9.17) is 0 Å². The van der Waals surface area contributed by atoms with Crippen molar-refractivity contribution in [3.63, 3.8) is 0 Å². The van der Waals surface area contributed by atoms with E-state index in [-0.39, 0.29) is 5.56 Å². The van der Waals surface area contributed by atoms with Crippen LogP contribution in [-0.4, -0.2) is 16.1 Å². The van der Waals surface area contributed by atoms with Gasteiger partial charge in [-0.05, 0) is 12.5 Å². The van der Waals surface area contributed by atoms with Crippen molar-refractivity contribution in [1.29, 1.82) is 0 Å². The molecule has 1 aliphatic heterocycles. The maximum absolute atomic E-state index is 11.3. The number of fused-ring (bicyclic) bond motifs is 1. The third-order valence-corrected chi connectivity index (χ3v) is 2.16. The van der Waals surface area contributed by atoms with Crippen LogP contribution in [0.3, 0.4) is 0 Å². The van der Waals surface area contributed by atoms with Crippen LogP contribution >= 0.6 is 0 Å². The van der Waals surface area contributed by atoms with E-state index < -0.39 is 11.8 Å². The molecule has 1 aromatic rings. The Hall–Kier alpha value is -1.39. The molecule has 4 nitrogen and oxygen atoms in total. The molecule has 2 rings (SSSR count). The Morgan fingerprint density at radius 2 is 2.08 bits per heavy atom. The first-order valence-corrected chi connectivity index (χ1v) is 3.90. The molecule has 1 aromatic carbocycles. The Balaban J connectivity index is 2.72. The first-order valence-electron chi connectivity index (χ1n) is 3.90. The van der Waals surface area contributed by atoms with Crippen LogP contribution < -0.4 is 5.32 Å². The van der Waals surface area contributed by atoms with Crippen molar-refractivity contribution in [3.8, 4) is 0 Å². The summed E-state index contributed by atoms with van der Waals surface area (Å²) in [5.41, 5.74) is 1.31. The third-order valence-electron chi connectivity index (χ3n) is 2.16. The second-order valence-corrected chi connectivity index (χ2v) is 3.12.